The minimum atomic E-state index is -0.173. The minimum Gasteiger partial charge on any atom is -0.494 e. The van der Waals surface area contributed by atoms with Crippen LogP contribution >= 0.6 is 11.3 Å². The highest BCUT2D eigenvalue weighted by Crippen LogP contribution is 2.32. The average Bonchev–Trinajstić information content (AvgIpc) is 3.01. The van der Waals surface area contributed by atoms with Gasteiger partial charge in [0.25, 0.3) is 0 Å². The Morgan fingerprint density at radius 2 is 1.96 bits per heavy atom. The molecule has 0 atom stereocenters. The second-order valence-electron chi connectivity index (χ2n) is 6.58. The monoisotopic (exact) mass is 346 g/mol. The standard InChI is InChI=1S/C20H26O3S/c1-3-5-14-6-9-16(10-7-14)23-20(21)19-12-15-8-11-17(22-4-2)13-18(15)24-19/h8,11-14,16H,3-7,9-10H2,1-2H3. The normalized spacial score (nSPS) is 20.9. The largest absolute Gasteiger partial charge is 0.494 e. The summed E-state index contributed by atoms with van der Waals surface area (Å²) in [6.07, 6.45) is 7.05. The number of thiophene rings is 1. The Hall–Kier alpha value is -1.55. The molecular weight excluding hydrogens is 320 g/mol. The molecule has 130 valence electrons. The predicted molar refractivity (Wildman–Crippen MR) is 99.1 cm³/mol. The Labute approximate surface area is 148 Å². The Kier molecular flexibility index (Phi) is 5.77. The minimum absolute atomic E-state index is 0.0924. The summed E-state index contributed by atoms with van der Waals surface area (Å²) in [6, 6.07) is 7.88. The van der Waals surface area contributed by atoms with Gasteiger partial charge in [0.2, 0.25) is 0 Å². The summed E-state index contributed by atoms with van der Waals surface area (Å²) in [5, 5.41) is 1.07. The molecule has 0 spiro atoms. The highest BCUT2D eigenvalue weighted by atomic mass is 32.1. The first-order valence-electron chi connectivity index (χ1n) is 9.07. The molecule has 1 fully saturated rings. The number of hydrogen-bond acceptors (Lipinski definition) is 4. The van der Waals surface area contributed by atoms with Crippen LogP contribution in [-0.2, 0) is 4.74 Å². The first-order chi connectivity index (χ1) is 11.7. The number of benzene rings is 1. The fraction of sp³-hybridized carbons (Fsp3) is 0.550. The van der Waals surface area contributed by atoms with Gasteiger partial charge >= 0.3 is 5.97 Å². The van der Waals surface area contributed by atoms with Gasteiger partial charge in [-0.2, -0.15) is 0 Å². The van der Waals surface area contributed by atoms with Crippen molar-refractivity contribution in [1.82, 2.24) is 0 Å². The summed E-state index contributed by atoms with van der Waals surface area (Å²) in [5.74, 6) is 1.50. The average molecular weight is 346 g/mol. The molecule has 0 N–H and O–H groups in total. The van der Waals surface area contributed by atoms with Crippen molar-refractivity contribution in [1.29, 1.82) is 0 Å². The highest BCUT2D eigenvalue weighted by molar-refractivity contribution is 7.20. The lowest BCUT2D eigenvalue weighted by Crippen LogP contribution is -2.24. The summed E-state index contributed by atoms with van der Waals surface area (Å²) in [7, 11) is 0. The topological polar surface area (TPSA) is 35.5 Å². The van der Waals surface area contributed by atoms with Gasteiger partial charge < -0.3 is 9.47 Å². The van der Waals surface area contributed by atoms with Crippen LogP contribution in [0.4, 0.5) is 0 Å². The maximum absolute atomic E-state index is 12.5. The number of ether oxygens (including phenoxy) is 2. The molecule has 3 rings (SSSR count). The number of fused-ring (bicyclic) bond motifs is 1. The number of esters is 1. The number of carbonyl (C=O) groups is 1. The van der Waals surface area contributed by atoms with Crippen LogP contribution in [-0.4, -0.2) is 18.7 Å². The Balaban J connectivity index is 1.62. The van der Waals surface area contributed by atoms with E-state index in [-0.39, 0.29) is 12.1 Å². The molecule has 1 aromatic carbocycles. The maximum atomic E-state index is 12.5. The Morgan fingerprint density at radius 3 is 2.67 bits per heavy atom. The quantitative estimate of drug-likeness (QED) is 0.619. The summed E-state index contributed by atoms with van der Waals surface area (Å²) in [6.45, 7) is 4.85. The molecule has 0 unspecified atom stereocenters. The van der Waals surface area contributed by atoms with Crippen LogP contribution in [0.3, 0.4) is 0 Å². The third kappa shape index (κ3) is 4.10. The van der Waals surface area contributed by atoms with Crippen molar-refractivity contribution >= 4 is 27.4 Å². The molecule has 24 heavy (non-hydrogen) atoms. The molecule has 3 nitrogen and oxygen atoms in total. The van der Waals surface area contributed by atoms with Gasteiger partial charge in [0.15, 0.2) is 0 Å². The molecule has 0 aliphatic heterocycles. The lowest BCUT2D eigenvalue weighted by Gasteiger charge is -2.27. The van der Waals surface area contributed by atoms with Gasteiger partial charge in [0.05, 0.1) is 6.61 Å². The van der Waals surface area contributed by atoms with Crippen LogP contribution in [0.5, 0.6) is 5.75 Å². The number of hydrogen-bond donors (Lipinski definition) is 0. The molecule has 4 heteroatoms. The van der Waals surface area contributed by atoms with Crippen molar-refractivity contribution in [2.45, 2.75) is 58.5 Å². The van der Waals surface area contributed by atoms with Crippen LogP contribution in [0.25, 0.3) is 10.1 Å². The van der Waals surface area contributed by atoms with Gasteiger partial charge in [-0.05, 0) is 68.2 Å². The summed E-state index contributed by atoms with van der Waals surface area (Å²) >= 11 is 1.49. The summed E-state index contributed by atoms with van der Waals surface area (Å²) in [5.41, 5.74) is 0. The van der Waals surface area contributed by atoms with Crippen LogP contribution in [0.15, 0.2) is 24.3 Å². The molecule has 0 bridgehead atoms. The smallest absolute Gasteiger partial charge is 0.348 e. The fourth-order valence-corrected chi connectivity index (χ4v) is 4.50. The first-order valence-corrected chi connectivity index (χ1v) is 9.88. The van der Waals surface area contributed by atoms with Gasteiger partial charge in [-0.1, -0.05) is 19.8 Å². The van der Waals surface area contributed by atoms with E-state index in [2.05, 4.69) is 6.92 Å². The van der Waals surface area contributed by atoms with Crippen LogP contribution in [0.2, 0.25) is 0 Å². The molecule has 1 saturated carbocycles. The van der Waals surface area contributed by atoms with Gasteiger partial charge in [-0.25, -0.2) is 4.79 Å². The summed E-state index contributed by atoms with van der Waals surface area (Å²) < 4.78 is 12.3. The van der Waals surface area contributed by atoms with Crippen molar-refractivity contribution in [3.63, 3.8) is 0 Å². The van der Waals surface area contributed by atoms with E-state index in [4.69, 9.17) is 9.47 Å². The van der Waals surface area contributed by atoms with Gasteiger partial charge in [0.1, 0.15) is 16.7 Å². The molecule has 1 heterocycles. The zero-order chi connectivity index (χ0) is 16.9. The van der Waals surface area contributed by atoms with Crippen LogP contribution in [0, 0.1) is 5.92 Å². The summed E-state index contributed by atoms with van der Waals surface area (Å²) in [4.78, 5) is 13.1. The van der Waals surface area contributed by atoms with Gasteiger partial charge in [-0.15, -0.1) is 11.3 Å². The van der Waals surface area contributed by atoms with Crippen molar-refractivity contribution in [3.8, 4) is 5.75 Å². The van der Waals surface area contributed by atoms with E-state index in [0.717, 1.165) is 34.6 Å². The highest BCUT2D eigenvalue weighted by Gasteiger charge is 2.24. The predicted octanol–water partition coefficient (Wildman–Crippen LogP) is 5.82. The van der Waals surface area contributed by atoms with E-state index in [1.165, 1.54) is 37.0 Å². The first kappa shape index (κ1) is 17.3. The second kappa shape index (κ2) is 8.02. The molecule has 1 aromatic heterocycles. The molecule has 2 aromatic rings. The SMILES string of the molecule is CCCC1CCC(OC(=O)c2cc3ccc(OCC)cc3s2)CC1. The molecular formula is C20H26O3S. The Morgan fingerprint density at radius 1 is 1.17 bits per heavy atom. The van der Waals surface area contributed by atoms with E-state index in [0.29, 0.717) is 11.5 Å². The molecule has 1 aliphatic carbocycles. The lowest BCUT2D eigenvalue weighted by atomic mass is 9.85. The molecule has 0 saturated heterocycles. The zero-order valence-electron chi connectivity index (χ0n) is 14.5. The van der Waals surface area contributed by atoms with Crippen molar-refractivity contribution in [2.24, 2.45) is 5.92 Å². The van der Waals surface area contributed by atoms with Crippen molar-refractivity contribution < 1.29 is 14.3 Å². The van der Waals surface area contributed by atoms with E-state index >= 15 is 0 Å². The Bertz CT molecular complexity index is 683. The van der Waals surface area contributed by atoms with Crippen LogP contribution < -0.4 is 4.74 Å². The number of rotatable bonds is 6. The lowest BCUT2D eigenvalue weighted by molar-refractivity contribution is 0.0167. The van der Waals surface area contributed by atoms with Crippen molar-refractivity contribution in [2.75, 3.05) is 6.61 Å². The third-order valence-electron chi connectivity index (χ3n) is 4.77. The zero-order valence-corrected chi connectivity index (χ0v) is 15.4. The maximum Gasteiger partial charge on any atom is 0.348 e. The fourth-order valence-electron chi connectivity index (χ4n) is 3.52. The van der Waals surface area contributed by atoms with E-state index in [9.17, 15) is 4.79 Å². The molecule has 1 aliphatic rings. The van der Waals surface area contributed by atoms with Crippen molar-refractivity contribution in [3.05, 3.63) is 29.1 Å². The van der Waals surface area contributed by atoms with Gasteiger partial charge in [0, 0.05) is 4.70 Å². The van der Waals surface area contributed by atoms with Gasteiger partial charge in [-0.3, -0.25) is 0 Å². The second-order valence-corrected chi connectivity index (χ2v) is 7.66. The number of carbonyl (C=O) groups excluding carboxylic acids is 1. The molecule has 0 radical (unpaired) electrons. The van der Waals surface area contributed by atoms with Crippen LogP contribution in [0.1, 0.15) is 62.0 Å². The molecule has 0 amide bonds. The van der Waals surface area contributed by atoms with E-state index in [1.54, 1.807) is 0 Å². The third-order valence-corrected chi connectivity index (χ3v) is 5.85. The van der Waals surface area contributed by atoms with E-state index < -0.39 is 0 Å². The van der Waals surface area contributed by atoms with E-state index in [1.807, 2.05) is 31.2 Å².